The summed E-state index contributed by atoms with van der Waals surface area (Å²) in [6, 6.07) is 1.28. The van der Waals surface area contributed by atoms with Crippen molar-refractivity contribution in [2.45, 2.75) is 76.3 Å². The number of aliphatic hydroxyl groups is 2. The molecule has 7 atom stereocenters. The maximum atomic E-state index is 11.7. The summed E-state index contributed by atoms with van der Waals surface area (Å²) >= 11 is 0. The summed E-state index contributed by atoms with van der Waals surface area (Å²) in [7, 11) is 1.48. The molecule has 1 aromatic heterocycles. The molecule has 2 aliphatic rings. The van der Waals surface area contributed by atoms with E-state index in [4.69, 9.17) is 23.4 Å². The molecule has 34 heavy (non-hydrogen) atoms. The molecular weight excluding hydrogens is 444 g/mol. The van der Waals surface area contributed by atoms with Crippen LogP contribution in [0.5, 0.6) is 5.75 Å². The Bertz CT molecular complexity index is 1050. The number of ether oxygens (including phenoxy) is 4. The van der Waals surface area contributed by atoms with Crippen LogP contribution in [0.3, 0.4) is 0 Å². The van der Waals surface area contributed by atoms with Crippen molar-refractivity contribution in [3.63, 3.8) is 0 Å². The lowest BCUT2D eigenvalue weighted by atomic mass is 9.77. The minimum absolute atomic E-state index is 0.388. The van der Waals surface area contributed by atoms with Gasteiger partial charge in [0.15, 0.2) is 6.10 Å². The highest BCUT2D eigenvalue weighted by molar-refractivity contribution is 5.66. The first kappa shape index (κ1) is 25.9. The molecule has 0 amide bonds. The molecule has 2 aliphatic heterocycles. The Kier molecular flexibility index (Phi) is 7.52. The molecule has 1 aromatic rings. The van der Waals surface area contributed by atoms with E-state index in [9.17, 15) is 19.8 Å². The van der Waals surface area contributed by atoms with Gasteiger partial charge in [-0.15, -0.1) is 0 Å². The lowest BCUT2D eigenvalue weighted by molar-refractivity contribution is -0.236. The maximum absolute atomic E-state index is 11.7. The van der Waals surface area contributed by atoms with E-state index in [2.05, 4.69) is 0 Å². The monoisotopic (exact) mass is 476 g/mol. The standard InChI is InChI=1S/C25H32O9/c1-14-17(32-20(28)13-19(14)30-6)11-9-7-8-10-12-18-21(29)24(4)23(31-16(3)27)25(5,33-18)22(34-24)15(2)26/h7-13,15,18,21-23,26,29H,1-6H3/b8-7+,11-9+,12-10+. The highest BCUT2D eigenvalue weighted by Crippen LogP contribution is 2.51. The Morgan fingerprint density at radius 3 is 2.47 bits per heavy atom. The number of hydrogen-bond acceptors (Lipinski definition) is 9. The van der Waals surface area contributed by atoms with Crippen LogP contribution in [0.2, 0.25) is 0 Å². The Labute approximate surface area is 198 Å². The van der Waals surface area contributed by atoms with Gasteiger partial charge in [0.2, 0.25) is 0 Å². The number of methoxy groups -OCH3 is 1. The average molecular weight is 477 g/mol. The number of allylic oxidation sites excluding steroid dienone is 4. The molecular formula is C25H32O9. The van der Waals surface area contributed by atoms with Crippen LogP contribution in [0.15, 0.2) is 45.7 Å². The van der Waals surface area contributed by atoms with E-state index in [1.807, 2.05) is 0 Å². The van der Waals surface area contributed by atoms with Gasteiger partial charge in [-0.05, 0) is 33.8 Å². The second-order valence-electron chi connectivity index (χ2n) is 8.92. The lowest BCUT2D eigenvalue weighted by Crippen LogP contribution is -2.66. The van der Waals surface area contributed by atoms with Gasteiger partial charge in [0.25, 0.3) is 0 Å². The van der Waals surface area contributed by atoms with Gasteiger partial charge < -0.3 is 33.6 Å². The van der Waals surface area contributed by atoms with Crippen LogP contribution in [0.1, 0.15) is 39.0 Å². The largest absolute Gasteiger partial charge is 0.496 e. The van der Waals surface area contributed by atoms with E-state index >= 15 is 0 Å². The Morgan fingerprint density at radius 1 is 1.18 bits per heavy atom. The van der Waals surface area contributed by atoms with Crippen LogP contribution >= 0.6 is 0 Å². The van der Waals surface area contributed by atoms with Crippen molar-refractivity contribution >= 4 is 12.0 Å². The Balaban J connectivity index is 1.76. The maximum Gasteiger partial charge on any atom is 0.339 e. The van der Waals surface area contributed by atoms with Crippen LogP contribution in [0.25, 0.3) is 6.08 Å². The van der Waals surface area contributed by atoms with Gasteiger partial charge in [-0.25, -0.2) is 4.79 Å². The summed E-state index contributed by atoms with van der Waals surface area (Å²) in [5.74, 6) is 0.308. The first-order valence-electron chi connectivity index (χ1n) is 11.0. The summed E-state index contributed by atoms with van der Waals surface area (Å²) in [5, 5.41) is 21.2. The van der Waals surface area contributed by atoms with Crippen LogP contribution in [0.4, 0.5) is 0 Å². The zero-order chi connectivity index (χ0) is 25.3. The number of carbonyl (C=O) groups excluding carboxylic acids is 1. The lowest BCUT2D eigenvalue weighted by Gasteiger charge is -2.47. The van der Waals surface area contributed by atoms with Gasteiger partial charge in [0.1, 0.15) is 41.0 Å². The smallest absolute Gasteiger partial charge is 0.339 e. The molecule has 2 N–H and O–H groups in total. The first-order chi connectivity index (χ1) is 15.9. The quantitative estimate of drug-likeness (QED) is 0.449. The van der Waals surface area contributed by atoms with Crippen LogP contribution in [-0.2, 0) is 19.0 Å². The van der Waals surface area contributed by atoms with Gasteiger partial charge in [-0.2, -0.15) is 0 Å². The van der Waals surface area contributed by atoms with Gasteiger partial charge in [-0.1, -0.05) is 30.4 Å². The van der Waals surface area contributed by atoms with Crippen molar-refractivity contribution in [1.29, 1.82) is 0 Å². The zero-order valence-corrected chi connectivity index (χ0v) is 20.2. The molecule has 7 unspecified atom stereocenters. The third-order valence-electron chi connectivity index (χ3n) is 6.30. The van der Waals surface area contributed by atoms with E-state index in [0.717, 1.165) is 0 Å². The van der Waals surface area contributed by atoms with E-state index in [1.165, 1.54) is 20.1 Å². The Morgan fingerprint density at radius 2 is 1.85 bits per heavy atom. The van der Waals surface area contributed by atoms with Gasteiger partial charge in [-0.3, -0.25) is 4.79 Å². The number of aliphatic hydroxyl groups excluding tert-OH is 2. The van der Waals surface area contributed by atoms with Gasteiger partial charge in [0, 0.05) is 12.5 Å². The molecule has 3 rings (SSSR count). The first-order valence-corrected chi connectivity index (χ1v) is 11.0. The minimum Gasteiger partial charge on any atom is -0.496 e. The molecule has 0 saturated carbocycles. The molecule has 3 heterocycles. The molecule has 9 heteroatoms. The predicted octanol–water partition coefficient (Wildman–Crippen LogP) is 2.07. The third-order valence-corrected chi connectivity index (χ3v) is 6.30. The summed E-state index contributed by atoms with van der Waals surface area (Å²) in [6.07, 6.45) is 5.63. The van der Waals surface area contributed by atoms with Crippen molar-refractivity contribution in [2.24, 2.45) is 0 Å². The number of carbonyl (C=O) groups is 1. The summed E-state index contributed by atoms with van der Waals surface area (Å²) in [6.45, 7) is 7.98. The number of rotatable bonds is 7. The second kappa shape index (κ2) is 9.87. The third kappa shape index (κ3) is 4.74. The van der Waals surface area contributed by atoms with Crippen LogP contribution in [0, 0.1) is 6.92 Å². The average Bonchev–Trinajstić information content (AvgIpc) is 2.93. The van der Waals surface area contributed by atoms with Crippen molar-refractivity contribution < 1.29 is 38.4 Å². The molecule has 9 nitrogen and oxygen atoms in total. The van der Waals surface area contributed by atoms with E-state index in [0.29, 0.717) is 17.1 Å². The minimum atomic E-state index is -1.26. The number of hydrogen-bond donors (Lipinski definition) is 2. The molecule has 0 spiro atoms. The fourth-order valence-electron chi connectivity index (χ4n) is 4.70. The van der Waals surface area contributed by atoms with E-state index in [-0.39, 0.29) is 0 Å². The summed E-state index contributed by atoms with van der Waals surface area (Å²) in [5.41, 5.74) is -2.22. The fourth-order valence-corrected chi connectivity index (χ4v) is 4.70. The molecule has 2 saturated heterocycles. The molecule has 186 valence electrons. The van der Waals surface area contributed by atoms with Crippen molar-refractivity contribution in [1.82, 2.24) is 0 Å². The molecule has 0 aromatic carbocycles. The van der Waals surface area contributed by atoms with Gasteiger partial charge >= 0.3 is 11.6 Å². The van der Waals surface area contributed by atoms with Crippen molar-refractivity contribution in [3.05, 3.63) is 58.2 Å². The van der Waals surface area contributed by atoms with E-state index in [1.54, 1.807) is 64.2 Å². The Hall–Kier alpha value is -2.72. The van der Waals surface area contributed by atoms with E-state index < -0.39 is 53.3 Å². The highest BCUT2D eigenvalue weighted by atomic mass is 16.7. The molecule has 2 bridgehead atoms. The number of fused-ring (bicyclic) bond motifs is 2. The highest BCUT2D eigenvalue weighted by Gasteiger charge is 2.71. The topological polar surface area (TPSA) is 125 Å². The second-order valence-corrected chi connectivity index (χ2v) is 8.92. The van der Waals surface area contributed by atoms with Crippen molar-refractivity contribution in [3.8, 4) is 5.75 Å². The summed E-state index contributed by atoms with van der Waals surface area (Å²) in [4.78, 5) is 23.3. The summed E-state index contributed by atoms with van der Waals surface area (Å²) < 4.78 is 28.0. The zero-order valence-electron chi connectivity index (χ0n) is 20.2. The molecule has 0 aliphatic carbocycles. The molecule has 0 radical (unpaired) electrons. The molecule has 2 fully saturated rings. The fraction of sp³-hybridized carbons (Fsp3) is 0.520. The number of esters is 1. The van der Waals surface area contributed by atoms with Crippen LogP contribution < -0.4 is 10.4 Å². The predicted molar refractivity (Wildman–Crippen MR) is 123 cm³/mol. The normalized spacial score (nSPS) is 34.2. The SMILES string of the molecule is COc1cc(=O)oc(/C=C/C=C/C=C/C2OC3(C)C(C(C)O)OC(C)(C2O)C3OC(C)=O)c1C. The van der Waals surface area contributed by atoms with Crippen molar-refractivity contribution in [2.75, 3.05) is 7.11 Å². The van der Waals surface area contributed by atoms with Crippen LogP contribution in [-0.4, -0.2) is 65.0 Å². The van der Waals surface area contributed by atoms with Gasteiger partial charge in [0.05, 0.1) is 19.3 Å².